The number of anilines is 1. The molecule has 2 aromatic rings. The van der Waals surface area contributed by atoms with Gasteiger partial charge in [-0.05, 0) is 58.3 Å². The third kappa shape index (κ3) is 4.45. The van der Waals surface area contributed by atoms with Gasteiger partial charge in [-0.1, -0.05) is 13.8 Å². The molecule has 0 radical (unpaired) electrons. The fraction of sp³-hybridized carbons (Fsp3) is 0.680. The third-order valence-electron chi connectivity index (χ3n) is 7.77. The maximum Gasteiger partial charge on any atom is 0.391 e. The van der Waals surface area contributed by atoms with Crippen LogP contribution >= 0.6 is 0 Å². The number of aromatic nitrogens is 3. The van der Waals surface area contributed by atoms with E-state index in [1.165, 1.54) is 0 Å². The summed E-state index contributed by atoms with van der Waals surface area (Å²) < 4.78 is 41.2. The predicted octanol–water partition coefficient (Wildman–Crippen LogP) is 5.56. The van der Waals surface area contributed by atoms with Gasteiger partial charge < -0.3 is 10.0 Å². The SMILES string of the molecule is Cc1nc2c(C#N)c(C3CCC(C(F)(F)F)CC3)nn2c(N2CCC[C@](C)(C(=O)O)C2)c1C(C)C. The van der Waals surface area contributed by atoms with Gasteiger partial charge in [-0.3, -0.25) is 4.79 Å². The van der Waals surface area contributed by atoms with Crippen molar-refractivity contribution in [3.05, 3.63) is 22.5 Å². The van der Waals surface area contributed by atoms with E-state index in [-0.39, 0.29) is 24.7 Å². The Morgan fingerprint density at radius 2 is 1.91 bits per heavy atom. The highest BCUT2D eigenvalue weighted by atomic mass is 19.4. The second kappa shape index (κ2) is 8.99. The molecule has 0 amide bonds. The van der Waals surface area contributed by atoms with Gasteiger partial charge in [0.25, 0.3) is 0 Å². The van der Waals surface area contributed by atoms with Gasteiger partial charge in [0.05, 0.1) is 17.0 Å². The summed E-state index contributed by atoms with van der Waals surface area (Å²) in [7, 11) is 0. The molecule has 1 atom stereocenters. The molecule has 1 N–H and O–H groups in total. The van der Waals surface area contributed by atoms with Crippen LogP contribution in [0.15, 0.2) is 0 Å². The van der Waals surface area contributed by atoms with Crippen molar-refractivity contribution >= 4 is 17.4 Å². The van der Waals surface area contributed by atoms with Crippen LogP contribution in [0.2, 0.25) is 0 Å². The van der Waals surface area contributed by atoms with Crippen LogP contribution in [0.25, 0.3) is 5.65 Å². The molecule has 1 aliphatic carbocycles. The van der Waals surface area contributed by atoms with E-state index in [4.69, 9.17) is 10.1 Å². The zero-order valence-corrected chi connectivity index (χ0v) is 20.6. The highest BCUT2D eigenvalue weighted by molar-refractivity contribution is 5.76. The van der Waals surface area contributed by atoms with Crippen LogP contribution < -0.4 is 4.90 Å². The van der Waals surface area contributed by atoms with E-state index in [1.54, 1.807) is 11.4 Å². The molecule has 1 aliphatic heterocycles. The number of hydrogen-bond donors (Lipinski definition) is 1. The largest absolute Gasteiger partial charge is 0.481 e. The maximum absolute atomic E-state index is 13.2. The molecule has 2 aromatic heterocycles. The first kappa shape index (κ1) is 25.3. The summed E-state index contributed by atoms with van der Waals surface area (Å²) in [6, 6.07) is 2.22. The molecular weight excluding hydrogens is 459 g/mol. The molecule has 0 unspecified atom stereocenters. The Kier molecular flexibility index (Phi) is 6.49. The maximum atomic E-state index is 13.2. The van der Waals surface area contributed by atoms with Crippen molar-refractivity contribution in [1.29, 1.82) is 5.26 Å². The van der Waals surface area contributed by atoms with Crippen molar-refractivity contribution in [2.45, 2.75) is 84.2 Å². The minimum Gasteiger partial charge on any atom is -0.481 e. The van der Waals surface area contributed by atoms with Crippen molar-refractivity contribution in [2.24, 2.45) is 11.3 Å². The average Bonchev–Trinajstić information content (AvgIpc) is 3.15. The zero-order chi connectivity index (χ0) is 25.7. The fourth-order valence-electron chi connectivity index (χ4n) is 5.83. The second-order valence-corrected chi connectivity index (χ2v) is 10.7. The Morgan fingerprint density at radius 3 is 2.46 bits per heavy atom. The van der Waals surface area contributed by atoms with Gasteiger partial charge in [0.15, 0.2) is 5.65 Å². The van der Waals surface area contributed by atoms with E-state index in [0.717, 1.165) is 17.1 Å². The molecule has 10 heteroatoms. The van der Waals surface area contributed by atoms with Crippen LogP contribution in [-0.2, 0) is 4.79 Å². The van der Waals surface area contributed by atoms with Gasteiger partial charge in [-0.15, -0.1) is 0 Å². The molecule has 0 aromatic carbocycles. The van der Waals surface area contributed by atoms with Crippen LogP contribution in [-0.4, -0.2) is 44.9 Å². The van der Waals surface area contributed by atoms with E-state index in [0.29, 0.717) is 55.7 Å². The Balaban J connectivity index is 1.84. The normalized spacial score (nSPS) is 25.7. The summed E-state index contributed by atoms with van der Waals surface area (Å²) in [5.41, 5.74) is 1.96. The van der Waals surface area contributed by atoms with Crippen molar-refractivity contribution in [3.63, 3.8) is 0 Å². The Hall–Kier alpha value is -2.83. The van der Waals surface area contributed by atoms with E-state index >= 15 is 0 Å². The first-order valence-corrected chi connectivity index (χ1v) is 12.3. The number of aryl methyl sites for hydroxylation is 1. The van der Waals surface area contributed by atoms with Gasteiger partial charge in [-0.25, -0.2) is 4.98 Å². The lowest BCUT2D eigenvalue weighted by atomic mass is 9.79. The van der Waals surface area contributed by atoms with Crippen molar-refractivity contribution in [3.8, 4) is 6.07 Å². The molecule has 0 bridgehead atoms. The smallest absolute Gasteiger partial charge is 0.391 e. The number of halogens is 3. The topological polar surface area (TPSA) is 94.5 Å². The highest BCUT2D eigenvalue weighted by Gasteiger charge is 2.43. The van der Waals surface area contributed by atoms with Gasteiger partial charge in [0.2, 0.25) is 0 Å². The quantitative estimate of drug-likeness (QED) is 0.602. The van der Waals surface area contributed by atoms with Crippen LogP contribution in [0.3, 0.4) is 0 Å². The second-order valence-electron chi connectivity index (χ2n) is 10.7. The third-order valence-corrected chi connectivity index (χ3v) is 7.77. The summed E-state index contributed by atoms with van der Waals surface area (Å²) >= 11 is 0. The first-order valence-electron chi connectivity index (χ1n) is 12.3. The van der Waals surface area contributed by atoms with Gasteiger partial charge >= 0.3 is 12.1 Å². The van der Waals surface area contributed by atoms with Crippen molar-refractivity contribution < 1.29 is 23.1 Å². The number of carbonyl (C=O) groups is 1. The summed E-state index contributed by atoms with van der Waals surface area (Å²) in [5.74, 6) is -1.60. The number of carboxylic acids is 1. The summed E-state index contributed by atoms with van der Waals surface area (Å²) in [5, 5.41) is 24.7. The van der Waals surface area contributed by atoms with Gasteiger partial charge in [0.1, 0.15) is 17.5 Å². The zero-order valence-electron chi connectivity index (χ0n) is 20.6. The number of piperidine rings is 1. The van der Waals surface area contributed by atoms with Crippen LogP contribution in [0.5, 0.6) is 0 Å². The molecule has 2 fully saturated rings. The highest BCUT2D eigenvalue weighted by Crippen LogP contribution is 2.44. The number of rotatable bonds is 4. The molecule has 190 valence electrons. The standard InChI is InChI=1S/C25H32F3N5O2/c1-14(2)19-15(3)30-21-18(12-29)20(16-6-8-17(9-7-16)25(26,27)28)31-33(21)22(19)32-11-5-10-24(4,13-32)23(34)35/h14,16-17H,5-11,13H2,1-4H3,(H,34,35)/t16?,17?,24-/m0/s1. The minimum atomic E-state index is -4.20. The molecule has 1 saturated heterocycles. The van der Waals surface area contributed by atoms with Crippen LogP contribution in [0.1, 0.15) is 93.6 Å². The van der Waals surface area contributed by atoms with Gasteiger partial charge in [0, 0.05) is 30.3 Å². The van der Waals surface area contributed by atoms with E-state index in [9.17, 15) is 28.3 Å². The lowest BCUT2D eigenvalue weighted by Gasteiger charge is -2.40. The number of nitrogens with zero attached hydrogens (tertiary/aromatic N) is 5. The molecule has 3 heterocycles. The summed E-state index contributed by atoms with van der Waals surface area (Å²) in [4.78, 5) is 18.8. The molecule has 4 rings (SSSR count). The lowest BCUT2D eigenvalue weighted by molar-refractivity contribution is -0.182. The van der Waals surface area contributed by atoms with E-state index in [1.807, 2.05) is 25.7 Å². The Morgan fingerprint density at radius 1 is 1.26 bits per heavy atom. The number of hydrogen-bond acceptors (Lipinski definition) is 5. The molecule has 7 nitrogen and oxygen atoms in total. The monoisotopic (exact) mass is 491 g/mol. The lowest BCUT2D eigenvalue weighted by Crippen LogP contribution is -2.47. The van der Waals surface area contributed by atoms with Crippen molar-refractivity contribution in [2.75, 3.05) is 18.0 Å². The van der Waals surface area contributed by atoms with E-state index in [2.05, 4.69) is 6.07 Å². The van der Waals surface area contributed by atoms with E-state index < -0.39 is 23.5 Å². The summed E-state index contributed by atoms with van der Waals surface area (Å²) in [6.45, 7) is 8.64. The number of aliphatic carboxylic acids is 1. The number of nitriles is 1. The minimum absolute atomic E-state index is 0.0204. The first-order chi connectivity index (χ1) is 16.4. The number of alkyl halides is 3. The molecule has 1 saturated carbocycles. The number of carboxylic acid groups (broad SMARTS) is 1. The van der Waals surface area contributed by atoms with Crippen molar-refractivity contribution in [1.82, 2.24) is 14.6 Å². The molecule has 35 heavy (non-hydrogen) atoms. The summed E-state index contributed by atoms with van der Waals surface area (Å²) in [6.07, 6.45) is -2.27. The fourth-order valence-corrected chi connectivity index (χ4v) is 5.83. The Labute approximate surface area is 202 Å². The van der Waals surface area contributed by atoms with Gasteiger partial charge in [-0.2, -0.15) is 28.0 Å². The Bertz CT molecular complexity index is 1170. The van der Waals surface area contributed by atoms with Crippen LogP contribution in [0.4, 0.5) is 19.0 Å². The molecule has 0 spiro atoms. The number of fused-ring (bicyclic) bond motifs is 1. The van der Waals surface area contributed by atoms with Crippen LogP contribution in [0, 0.1) is 29.6 Å². The average molecular weight is 492 g/mol. The molecule has 2 aliphatic rings. The molecular formula is C25H32F3N5O2. The predicted molar refractivity (Wildman–Crippen MR) is 124 cm³/mol.